The normalized spacial score (nSPS) is 16.1. The lowest BCUT2D eigenvalue weighted by atomic mass is 10.2. The van der Waals surface area contributed by atoms with Crippen LogP contribution in [0, 0.1) is 6.92 Å². The summed E-state index contributed by atoms with van der Waals surface area (Å²) in [7, 11) is 0. The number of fused-ring (bicyclic) bond motifs is 1. The van der Waals surface area contributed by atoms with Crippen LogP contribution in [0.5, 0.6) is 0 Å². The topological polar surface area (TPSA) is 73.2 Å². The smallest absolute Gasteiger partial charge is 0.262 e. The molecule has 8 heteroatoms. The maximum absolute atomic E-state index is 13.1. The van der Waals surface area contributed by atoms with E-state index in [9.17, 15) is 9.59 Å². The van der Waals surface area contributed by atoms with E-state index < -0.39 is 0 Å². The highest BCUT2D eigenvalue weighted by atomic mass is 35.5. The van der Waals surface area contributed by atoms with Crippen molar-refractivity contribution in [1.29, 1.82) is 0 Å². The molecular weight excluding hydrogens is 422 g/mol. The van der Waals surface area contributed by atoms with Crippen molar-refractivity contribution in [3.8, 4) is 0 Å². The van der Waals surface area contributed by atoms with Gasteiger partial charge >= 0.3 is 0 Å². The molecular formula is C22H22ClN3O3S. The number of para-hydroxylation sites is 1. The summed E-state index contributed by atoms with van der Waals surface area (Å²) >= 11 is 7.28. The Bertz CT molecular complexity index is 1140. The highest BCUT2D eigenvalue weighted by Gasteiger charge is 2.20. The van der Waals surface area contributed by atoms with Crippen LogP contribution in [-0.4, -0.2) is 33.9 Å². The van der Waals surface area contributed by atoms with Gasteiger partial charge in [-0.2, -0.15) is 0 Å². The van der Waals surface area contributed by atoms with Crippen LogP contribution in [0.4, 0.5) is 5.69 Å². The molecule has 1 unspecified atom stereocenters. The first-order chi connectivity index (χ1) is 14.5. The Balaban J connectivity index is 1.56. The van der Waals surface area contributed by atoms with Gasteiger partial charge in [-0.25, -0.2) is 4.98 Å². The molecule has 3 aromatic rings. The van der Waals surface area contributed by atoms with Crippen LogP contribution in [0.3, 0.4) is 0 Å². The summed E-state index contributed by atoms with van der Waals surface area (Å²) in [6.07, 6.45) is 1.90. The number of aryl methyl sites for hydroxylation is 1. The Morgan fingerprint density at radius 2 is 2.17 bits per heavy atom. The number of carbonyl (C=O) groups excluding carboxylic acids is 1. The molecule has 0 saturated carbocycles. The molecule has 1 N–H and O–H groups in total. The van der Waals surface area contributed by atoms with E-state index in [0.717, 1.165) is 18.4 Å². The molecule has 2 heterocycles. The molecule has 0 radical (unpaired) electrons. The fourth-order valence-electron chi connectivity index (χ4n) is 3.46. The zero-order chi connectivity index (χ0) is 21.1. The Hall–Kier alpha value is -2.35. The molecule has 1 amide bonds. The lowest BCUT2D eigenvalue weighted by Crippen LogP contribution is -2.29. The van der Waals surface area contributed by atoms with Gasteiger partial charge in [0, 0.05) is 17.3 Å². The summed E-state index contributed by atoms with van der Waals surface area (Å²) in [6, 6.07) is 12.6. The summed E-state index contributed by atoms with van der Waals surface area (Å²) in [5.74, 6) is -0.0566. The number of hydrogen-bond acceptors (Lipinski definition) is 5. The lowest BCUT2D eigenvalue weighted by Gasteiger charge is -2.16. The van der Waals surface area contributed by atoms with Gasteiger partial charge in [-0.3, -0.25) is 14.2 Å². The Morgan fingerprint density at radius 1 is 1.33 bits per heavy atom. The highest BCUT2D eigenvalue weighted by Crippen LogP contribution is 2.23. The Morgan fingerprint density at radius 3 is 2.97 bits per heavy atom. The summed E-state index contributed by atoms with van der Waals surface area (Å²) in [5.41, 5.74) is 2.12. The SMILES string of the molecule is Cc1ccc(Cl)cc1NC(=O)CSc1nc2ccccc2c(=O)n1CC1CCCO1. The monoisotopic (exact) mass is 443 g/mol. The highest BCUT2D eigenvalue weighted by molar-refractivity contribution is 7.99. The van der Waals surface area contributed by atoms with Gasteiger partial charge in [-0.15, -0.1) is 0 Å². The van der Waals surface area contributed by atoms with E-state index in [1.807, 2.05) is 31.2 Å². The molecule has 2 aromatic carbocycles. The van der Waals surface area contributed by atoms with Gasteiger partial charge in [0.1, 0.15) is 0 Å². The number of aromatic nitrogens is 2. The Labute approximate surface area is 183 Å². The summed E-state index contributed by atoms with van der Waals surface area (Å²) in [5, 5.41) is 4.53. The minimum atomic E-state index is -0.184. The van der Waals surface area contributed by atoms with Gasteiger partial charge in [-0.05, 0) is 49.6 Å². The molecule has 1 aliphatic heterocycles. The number of halogens is 1. The second-order valence-electron chi connectivity index (χ2n) is 7.26. The van der Waals surface area contributed by atoms with Crippen LogP contribution < -0.4 is 10.9 Å². The third-order valence-electron chi connectivity index (χ3n) is 5.04. The van der Waals surface area contributed by atoms with Crippen molar-refractivity contribution in [1.82, 2.24) is 9.55 Å². The number of benzene rings is 2. The standard InChI is InChI=1S/C22H22ClN3O3S/c1-14-8-9-15(23)11-19(14)24-20(27)13-30-22-25-18-7-3-2-6-17(18)21(28)26(22)12-16-5-4-10-29-16/h2-3,6-9,11,16H,4-5,10,12-13H2,1H3,(H,24,27). The van der Waals surface area contributed by atoms with Crippen molar-refractivity contribution in [3.05, 3.63) is 63.4 Å². The van der Waals surface area contributed by atoms with Crippen molar-refractivity contribution in [3.63, 3.8) is 0 Å². The van der Waals surface area contributed by atoms with Crippen LogP contribution in [0.25, 0.3) is 10.9 Å². The van der Waals surface area contributed by atoms with Crippen LogP contribution in [0.2, 0.25) is 5.02 Å². The number of amides is 1. The molecule has 4 rings (SSSR count). The summed E-state index contributed by atoms with van der Waals surface area (Å²) < 4.78 is 7.36. The van der Waals surface area contributed by atoms with E-state index in [4.69, 9.17) is 16.3 Å². The fraction of sp³-hybridized carbons (Fsp3) is 0.318. The zero-order valence-electron chi connectivity index (χ0n) is 16.6. The number of anilines is 1. The lowest BCUT2D eigenvalue weighted by molar-refractivity contribution is -0.113. The zero-order valence-corrected chi connectivity index (χ0v) is 18.1. The molecule has 6 nitrogen and oxygen atoms in total. The molecule has 1 saturated heterocycles. The predicted octanol–water partition coefficient (Wildman–Crippen LogP) is 4.27. The van der Waals surface area contributed by atoms with E-state index in [1.165, 1.54) is 11.8 Å². The Kier molecular flexibility index (Phi) is 6.41. The van der Waals surface area contributed by atoms with Gasteiger partial charge in [0.15, 0.2) is 5.16 Å². The van der Waals surface area contributed by atoms with Crippen LogP contribution in [-0.2, 0) is 16.1 Å². The third kappa shape index (κ3) is 4.69. The maximum atomic E-state index is 13.1. The van der Waals surface area contributed by atoms with Gasteiger partial charge in [0.05, 0.1) is 29.3 Å². The van der Waals surface area contributed by atoms with Gasteiger partial charge < -0.3 is 10.1 Å². The van der Waals surface area contributed by atoms with Crippen molar-refractivity contribution in [2.24, 2.45) is 0 Å². The first-order valence-electron chi connectivity index (χ1n) is 9.81. The van der Waals surface area contributed by atoms with E-state index in [-0.39, 0.29) is 23.3 Å². The number of nitrogens with zero attached hydrogens (tertiary/aromatic N) is 2. The van der Waals surface area contributed by atoms with Crippen molar-refractivity contribution >= 4 is 45.9 Å². The number of ether oxygens (including phenoxy) is 1. The molecule has 0 aliphatic carbocycles. The molecule has 1 aliphatic rings. The molecule has 156 valence electrons. The molecule has 1 atom stereocenters. The quantitative estimate of drug-likeness (QED) is 0.455. The maximum Gasteiger partial charge on any atom is 0.262 e. The molecule has 0 spiro atoms. The second-order valence-corrected chi connectivity index (χ2v) is 8.64. The van der Waals surface area contributed by atoms with Crippen LogP contribution in [0.1, 0.15) is 18.4 Å². The van der Waals surface area contributed by atoms with Crippen molar-refractivity contribution in [2.45, 2.75) is 37.6 Å². The molecule has 30 heavy (non-hydrogen) atoms. The average Bonchev–Trinajstić information content (AvgIpc) is 3.25. The molecule has 1 aromatic heterocycles. The van der Waals surface area contributed by atoms with E-state index in [0.29, 0.717) is 39.9 Å². The number of carbonyl (C=O) groups is 1. The van der Waals surface area contributed by atoms with E-state index >= 15 is 0 Å². The number of rotatable bonds is 6. The van der Waals surface area contributed by atoms with Gasteiger partial charge in [-0.1, -0.05) is 41.6 Å². The van der Waals surface area contributed by atoms with Gasteiger partial charge in [0.25, 0.3) is 5.56 Å². The largest absolute Gasteiger partial charge is 0.376 e. The number of thioether (sulfide) groups is 1. The fourth-order valence-corrected chi connectivity index (χ4v) is 4.44. The van der Waals surface area contributed by atoms with E-state index in [1.54, 1.807) is 22.8 Å². The van der Waals surface area contributed by atoms with Crippen molar-refractivity contribution < 1.29 is 9.53 Å². The summed E-state index contributed by atoms with van der Waals surface area (Å²) in [6.45, 7) is 3.06. The third-order valence-corrected chi connectivity index (χ3v) is 6.25. The van der Waals surface area contributed by atoms with Crippen LogP contribution in [0.15, 0.2) is 52.4 Å². The average molecular weight is 444 g/mol. The predicted molar refractivity (Wildman–Crippen MR) is 121 cm³/mol. The minimum Gasteiger partial charge on any atom is -0.376 e. The number of nitrogens with one attached hydrogen (secondary N) is 1. The minimum absolute atomic E-state index is 0.00653. The first-order valence-corrected chi connectivity index (χ1v) is 11.2. The van der Waals surface area contributed by atoms with Crippen molar-refractivity contribution in [2.75, 3.05) is 17.7 Å². The summed E-state index contributed by atoms with van der Waals surface area (Å²) in [4.78, 5) is 30.3. The first kappa shape index (κ1) is 20.9. The second kappa shape index (κ2) is 9.20. The molecule has 0 bridgehead atoms. The van der Waals surface area contributed by atoms with Gasteiger partial charge in [0.2, 0.25) is 5.91 Å². The van der Waals surface area contributed by atoms with E-state index in [2.05, 4.69) is 10.3 Å². The number of hydrogen-bond donors (Lipinski definition) is 1. The van der Waals surface area contributed by atoms with Crippen LogP contribution >= 0.6 is 23.4 Å². The molecule has 1 fully saturated rings.